The molecule has 278 valence electrons. The Labute approximate surface area is 291 Å². The Hall–Kier alpha value is -4.55. The summed E-state index contributed by atoms with van der Waals surface area (Å²) in [4.78, 5) is 79.3. The topological polar surface area (TPSA) is 200 Å². The molecule has 18 nitrogen and oxygen atoms in total. The average Bonchev–Trinajstić information content (AvgIpc) is 3.11. The molecule has 4 amide bonds. The Balaban J connectivity index is 1.25. The van der Waals surface area contributed by atoms with Gasteiger partial charge in [0.05, 0.1) is 37.8 Å². The molecule has 0 aliphatic carbocycles. The minimum atomic E-state index is -0.653. The van der Waals surface area contributed by atoms with Crippen LogP contribution in [-0.4, -0.2) is 167 Å². The van der Waals surface area contributed by atoms with E-state index in [-0.39, 0.29) is 108 Å². The van der Waals surface area contributed by atoms with Crippen LogP contribution in [0.25, 0.3) is 0 Å². The van der Waals surface area contributed by atoms with Gasteiger partial charge >= 0.3 is 18.2 Å². The molecule has 1 unspecified atom stereocenters. The maximum Gasteiger partial charge on any atom is 0.409 e. The number of piperazine rings is 2. The van der Waals surface area contributed by atoms with Gasteiger partial charge in [0.15, 0.2) is 0 Å². The summed E-state index contributed by atoms with van der Waals surface area (Å²) in [5.41, 5.74) is 0.208. The van der Waals surface area contributed by atoms with Crippen molar-refractivity contribution < 1.29 is 52.6 Å². The number of benzene rings is 1. The van der Waals surface area contributed by atoms with Crippen molar-refractivity contribution in [2.24, 2.45) is 0 Å². The number of rotatable bonds is 17. The van der Waals surface area contributed by atoms with Gasteiger partial charge < -0.3 is 48.6 Å². The molecule has 1 atom stereocenters. The monoisotopic (exact) mass is 708 g/mol. The molecule has 2 heterocycles. The molecule has 2 aliphatic rings. The number of nitro benzene ring substituents is 1. The summed E-state index contributed by atoms with van der Waals surface area (Å²) < 4.78 is 26.2. The molecule has 2 aliphatic heterocycles. The second-order valence-electron chi connectivity index (χ2n) is 11.8. The zero-order chi connectivity index (χ0) is 36.5. The average molecular weight is 709 g/mol. The van der Waals surface area contributed by atoms with Crippen LogP contribution in [0.5, 0.6) is 0 Å². The first-order chi connectivity index (χ1) is 24.0. The standard InChI is InChI=1S/C32H48N6O12/c1-24(50-31(42)33-2)22-25-4-5-26(23-27(25)38(44)45)30(41)36-14-12-35(13-15-36)28(39)6-7-29(40)48-20-18-46-16-17-47-19-21-49-32(43)37-10-8-34(3)9-11-37/h4-5,23-24H,6-22H2,1-3H3,(H,33,42). The summed E-state index contributed by atoms with van der Waals surface area (Å²) in [5, 5.41) is 14.0. The maximum atomic E-state index is 13.1. The molecule has 0 bridgehead atoms. The second kappa shape index (κ2) is 20.8. The zero-order valence-corrected chi connectivity index (χ0v) is 29.0. The van der Waals surface area contributed by atoms with Gasteiger partial charge in [-0.05, 0) is 20.0 Å². The lowest BCUT2D eigenvalue weighted by Crippen LogP contribution is -2.50. The van der Waals surface area contributed by atoms with E-state index < -0.39 is 29.0 Å². The van der Waals surface area contributed by atoms with E-state index in [2.05, 4.69) is 10.2 Å². The van der Waals surface area contributed by atoms with Crippen LogP contribution >= 0.6 is 0 Å². The normalized spacial score (nSPS) is 15.6. The van der Waals surface area contributed by atoms with Crippen LogP contribution in [0.4, 0.5) is 15.3 Å². The maximum absolute atomic E-state index is 13.1. The van der Waals surface area contributed by atoms with Gasteiger partial charge in [-0.3, -0.25) is 24.5 Å². The number of hydrogen-bond acceptors (Lipinski definition) is 13. The van der Waals surface area contributed by atoms with E-state index in [1.165, 1.54) is 30.1 Å². The molecule has 2 fully saturated rings. The van der Waals surface area contributed by atoms with Crippen LogP contribution < -0.4 is 5.32 Å². The van der Waals surface area contributed by atoms with Crippen LogP contribution in [0.3, 0.4) is 0 Å². The van der Waals surface area contributed by atoms with Gasteiger partial charge in [-0.25, -0.2) is 9.59 Å². The van der Waals surface area contributed by atoms with E-state index in [1.807, 2.05) is 7.05 Å². The van der Waals surface area contributed by atoms with Crippen LogP contribution in [0.2, 0.25) is 0 Å². The SMILES string of the molecule is CNC(=O)OC(C)Cc1ccc(C(=O)N2CCN(C(=O)CCC(=O)OCCOCCOCCOC(=O)N3CCN(C)CC3)CC2)cc1[N+](=O)[O-]. The minimum Gasteiger partial charge on any atom is -0.463 e. The number of carbonyl (C=O) groups is 5. The summed E-state index contributed by atoms with van der Waals surface area (Å²) in [6, 6.07) is 4.19. The largest absolute Gasteiger partial charge is 0.463 e. The Morgan fingerprint density at radius 3 is 2.02 bits per heavy atom. The molecule has 1 aromatic carbocycles. The van der Waals surface area contributed by atoms with E-state index >= 15 is 0 Å². The van der Waals surface area contributed by atoms with Crippen molar-refractivity contribution in [2.75, 3.05) is 106 Å². The van der Waals surface area contributed by atoms with Crippen LogP contribution in [-0.2, 0) is 39.7 Å². The van der Waals surface area contributed by atoms with Crippen molar-refractivity contribution >= 4 is 35.7 Å². The van der Waals surface area contributed by atoms with Gasteiger partial charge in [0, 0.05) is 89.4 Å². The number of nitro groups is 1. The number of alkyl carbamates (subject to hydrolysis) is 1. The number of esters is 1. The van der Waals surface area contributed by atoms with E-state index in [0.29, 0.717) is 18.7 Å². The molecule has 1 aromatic rings. The molecule has 3 rings (SSSR count). The number of ether oxygens (including phenoxy) is 5. The van der Waals surface area contributed by atoms with Crippen LogP contribution in [0.15, 0.2) is 18.2 Å². The highest BCUT2D eigenvalue weighted by Gasteiger charge is 2.27. The molecule has 50 heavy (non-hydrogen) atoms. The third kappa shape index (κ3) is 13.4. The first kappa shape index (κ1) is 39.9. The molecule has 0 aromatic heterocycles. The molecule has 1 N–H and O–H groups in total. The van der Waals surface area contributed by atoms with Crippen LogP contribution in [0.1, 0.15) is 35.7 Å². The van der Waals surface area contributed by atoms with Crippen molar-refractivity contribution in [3.63, 3.8) is 0 Å². The van der Waals surface area contributed by atoms with Crippen molar-refractivity contribution in [1.82, 2.24) is 24.9 Å². The number of hydrogen-bond donors (Lipinski definition) is 1. The lowest BCUT2D eigenvalue weighted by atomic mass is 10.0. The number of carbonyl (C=O) groups excluding carboxylic acids is 5. The van der Waals surface area contributed by atoms with Crippen molar-refractivity contribution in [2.45, 2.75) is 32.3 Å². The third-order valence-corrected chi connectivity index (χ3v) is 8.09. The minimum absolute atomic E-state index is 0.0262. The number of amides is 4. The molecular formula is C32H48N6O12. The lowest BCUT2D eigenvalue weighted by Gasteiger charge is -2.34. The fraction of sp³-hybridized carbons (Fsp3) is 0.656. The molecule has 0 radical (unpaired) electrons. The predicted molar refractivity (Wildman–Crippen MR) is 177 cm³/mol. The smallest absolute Gasteiger partial charge is 0.409 e. The van der Waals surface area contributed by atoms with Gasteiger partial charge in [0.2, 0.25) is 5.91 Å². The van der Waals surface area contributed by atoms with E-state index in [0.717, 1.165) is 13.1 Å². The van der Waals surface area contributed by atoms with Gasteiger partial charge in [0.25, 0.3) is 11.6 Å². The number of nitrogens with zero attached hydrogens (tertiary/aromatic N) is 5. The summed E-state index contributed by atoms with van der Waals surface area (Å²) in [5.74, 6) is -1.18. The molecule has 18 heteroatoms. The zero-order valence-electron chi connectivity index (χ0n) is 29.0. The highest BCUT2D eigenvalue weighted by atomic mass is 16.6. The summed E-state index contributed by atoms with van der Waals surface area (Å²) in [6.07, 6.45) is -1.67. The first-order valence-electron chi connectivity index (χ1n) is 16.6. The Morgan fingerprint density at radius 2 is 1.40 bits per heavy atom. The van der Waals surface area contributed by atoms with Crippen LogP contribution in [0, 0.1) is 10.1 Å². The van der Waals surface area contributed by atoms with Gasteiger partial charge in [0.1, 0.15) is 19.3 Å². The van der Waals surface area contributed by atoms with Gasteiger partial charge in [-0.2, -0.15) is 0 Å². The van der Waals surface area contributed by atoms with Crippen molar-refractivity contribution in [1.29, 1.82) is 0 Å². The Bertz CT molecular complexity index is 1310. The Kier molecular flexibility index (Phi) is 16.6. The van der Waals surface area contributed by atoms with Gasteiger partial charge in [-0.1, -0.05) is 6.07 Å². The second-order valence-corrected chi connectivity index (χ2v) is 11.8. The summed E-state index contributed by atoms with van der Waals surface area (Å²) in [6.45, 7) is 6.63. The fourth-order valence-electron chi connectivity index (χ4n) is 5.22. The predicted octanol–water partition coefficient (Wildman–Crippen LogP) is 0.907. The molecule has 0 saturated carbocycles. The molecular weight excluding hydrogens is 660 g/mol. The molecule has 0 spiro atoms. The van der Waals surface area contributed by atoms with Crippen molar-refractivity contribution in [3.05, 3.63) is 39.4 Å². The van der Waals surface area contributed by atoms with Gasteiger partial charge in [-0.15, -0.1) is 0 Å². The molecule has 2 saturated heterocycles. The highest BCUT2D eigenvalue weighted by Crippen LogP contribution is 2.24. The number of likely N-dealkylation sites (N-methyl/N-ethyl adjacent to an activating group) is 1. The summed E-state index contributed by atoms with van der Waals surface area (Å²) >= 11 is 0. The first-order valence-corrected chi connectivity index (χ1v) is 16.6. The van der Waals surface area contributed by atoms with E-state index in [9.17, 15) is 34.1 Å². The number of nitrogens with one attached hydrogen (secondary N) is 1. The fourth-order valence-corrected chi connectivity index (χ4v) is 5.22. The Morgan fingerprint density at radius 1 is 0.820 bits per heavy atom. The lowest BCUT2D eigenvalue weighted by molar-refractivity contribution is -0.385. The van der Waals surface area contributed by atoms with E-state index in [1.54, 1.807) is 16.7 Å². The highest BCUT2D eigenvalue weighted by molar-refractivity contribution is 5.95. The quantitative estimate of drug-likeness (QED) is 0.0788. The van der Waals surface area contributed by atoms with Crippen molar-refractivity contribution in [3.8, 4) is 0 Å². The third-order valence-electron chi connectivity index (χ3n) is 8.09. The summed E-state index contributed by atoms with van der Waals surface area (Å²) in [7, 11) is 3.42. The van der Waals surface area contributed by atoms with E-state index in [4.69, 9.17) is 23.7 Å².